The Hall–Kier alpha value is -9.24. The molecular weight excluding hydrogens is 1170 g/mol. The predicted molar refractivity (Wildman–Crippen MR) is 348 cm³/mol. The van der Waals surface area contributed by atoms with E-state index in [1.54, 1.807) is 43.1 Å². The Kier molecular flexibility index (Phi) is 15.1. The van der Waals surface area contributed by atoms with E-state index in [1.807, 2.05) is 74.0 Å². The smallest absolute Gasteiger partial charge is 0.201 e. The molecule has 26 heteroatoms. The van der Waals surface area contributed by atoms with E-state index >= 15 is 0 Å². The number of aromatic nitrogens is 18. The van der Waals surface area contributed by atoms with Crippen LogP contribution in [0.15, 0.2) is 108 Å². The van der Waals surface area contributed by atoms with Gasteiger partial charge in [-0.15, -0.1) is 57.2 Å². The summed E-state index contributed by atoms with van der Waals surface area (Å²) in [6, 6.07) is 22.3. The normalized spacial score (nSPS) is 18.7. The third kappa shape index (κ3) is 12.7. The second-order valence-electron chi connectivity index (χ2n) is 28.4. The molecule has 15 rings (SSSR count). The van der Waals surface area contributed by atoms with Crippen LogP contribution in [0.3, 0.4) is 0 Å². The van der Waals surface area contributed by atoms with Crippen molar-refractivity contribution in [3.05, 3.63) is 103 Å². The Morgan fingerprint density at radius 2 is 0.879 bits per heavy atom. The summed E-state index contributed by atoms with van der Waals surface area (Å²) in [5, 5.41) is 106. The van der Waals surface area contributed by atoms with Crippen LogP contribution in [-0.2, 0) is 0 Å². The molecule has 9 aromatic heterocycles. The number of nitrogens with zero attached hydrogens (tertiary/aromatic N) is 17. The van der Waals surface area contributed by atoms with Gasteiger partial charge in [-0.25, -0.2) is 19.0 Å². The van der Waals surface area contributed by atoms with Crippen molar-refractivity contribution in [2.45, 2.75) is 173 Å². The molecule has 91 heavy (non-hydrogen) atoms. The second kappa shape index (κ2) is 22.6. The van der Waals surface area contributed by atoms with Crippen LogP contribution in [0.25, 0.3) is 99.9 Å². The molecule has 0 amide bonds. The molecule has 0 spiro atoms. The summed E-state index contributed by atoms with van der Waals surface area (Å²) < 4.78 is 10.8. The van der Waals surface area contributed by atoms with E-state index in [-0.39, 0.29) is 68.6 Å². The summed E-state index contributed by atoms with van der Waals surface area (Å²) in [5.41, 5.74) is 10.8. The van der Waals surface area contributed by atoms with Gasteiger partial charge in [0.2, 0.25) is 16.9 Å². The van der Waals surface area contributed by atoms with Crippen molar-refractivity contribution in [1.82, 2.24) is 107 Å². The highest BCUT2D eigenvalue weighted by Crippen LogP contribution is 2.42. The fourth-order valence-electron chi connectivity index (χ4n) is 14.5. The molecule has 12 heterocycles. The number of benzene rings is 3. The summed E-state index contributed by atoms with van der Waals surface area (Å²) >= 11 is 1.53. The van der Waals surface area contributed by atoms with Gasteiger partial charge in [0.1, 0.15) is 38.8 Å². The van der Waals surface area contributed by atoms with Gasteiger partial charge in [-0.3, -0.25) is 5.10 Å². The fraction of sp³-hybridized carbons (Fsp3) is 0.415. The quantitative estimate of drug-likeness (QED) is 0.0743. The first-order valence-corrected chi connectivity index (χ1v) is 31.4. The zero-order valence-electron chi connectivity index (χ0n) is 53.1. The second-order valence-corrected chi connectivity index (χ2v) is 29.3. The van der Waals surface area contributed by atoms with E-state index in [4.69, 9.17) is 4.42 Å². The number of phenolic OH excluding ortho intramolecular Hbond substituents is 3. The lowest BCUT2D eigenvalue weighted by molar-refractivity contribution is 0.126. The summed E-state index contributed by atoms with van der Waals surface area (Å²) in [6.45, 7) is 26.5. The highest BCUT2D eigenvalue weighted by atomic mass is 32.1. The van der Waals surface area contributed by atoms with Gasteiger partial charge in [0.15, 0.2) is 0 Å². The van der Waals surface area contributed by atoms with Gasteiger partial charge in [-0.1, -0.05) is 27.8 Å². The number of rotatable bonds is 8. The van der Waals surface area contributed by atoms with Crippen LogP contribution in [0.5, 0.6) is 17.2 Å². The maximum absolute atomic E-state index is 10.6. The molecule has 0 aliphatic carbocycles. The van der Waals surface area contributed by atoms with Gasteiger partial charge in [-0.05, 0) is 182 Å². The number of piperidine rings is 3. The van der Waals surface area contributed by atoms with Gasteiger partial charge < -0.3 is 35.7 Å². The molecule has 0 radical (unpaired) electrons. The van der Waals surface area contributed by atoms with Crippen LogP contribution < -0.4 is 16.0 Å². The molecule has 0 bridgehead atoms. The van der Waals surface area contributed by atoms with Crippen LogP contribution in [0, 0.1) is 0 Å². The zero-order valence-corrected chi connectivity index (χ0v) is 53.9. The Labute approximate surface area is 528 Å². The van der Waals surface area contributed by atoms with Gasteiger partial charge in [0, 0.05) is 84.1 Å². The summed E-state index contributed by atoms with van der Waals surface area (Å²) in [7, 11) is 0. The Morgan fingerprint density at radius 1 is 0.462 bits per heavy atom. The minimum Gasteiger partial charge on any atom is -0.507 e. The van der Waals surface area contributed by atoms with Gasteiger partial charge in [-0.2, -0.15) is 5.10 Å². The average Bonchev–Trinajstić information content (AvgIpc) is 1.72. The third-order valence-corrected chi connectivity index (χ3v) is 17.9. The Morgan fingerprint density at radius 3 is 1.29 bits per heavy atom. The van der Waals surface area contributed by atoms with E-state index in [2.05, 4.69) is 176 Å². The summed E-state index contributed by atoms with van der Waals surface area (Å²) in [5.74, 6) is 0.377. The maximum atomic E-state index is 10.6. The number of aromatic amines is 1. The molecule has 3 aliphatic rings. The van der Waals surface area contributed by atoms with E-state index in [1.165, 1.54) is 11.3 Å². The summed E-state index contributed by atoms with van der Waals surface area (Å²) in [6.07, 6.45) is 12.3. The maximum Gasteiger partial charge on any atom is 0.201 e. The van der Waals surface area contributed by atoms with Gasteiger partial charge >= 0.3 is 0 Å². The number of nitrogens with one attached hydrogen (secondary N) is 4. The minimum absolute atomic E-state index is 0.0101. The highest BCUT2D eigenvalue weighted by molar-refractivity contribution is 7.13. The van der Waals surface area contributed by atoms with Crippen LogP contribution in [0.2, 0.25) is 0 Å². The van der Waals surface area contributed by atoms with E-state index in [0.29, 0.717) is 67.3 Å². The molecule has 12 aromatic rings. The van der Waals surface area contributed by atoms with Crippen molar-refractivity contribution >= 4 is 55.7 Å². The molecule has 0 saturated carbocycles. The Balaban J connectivity index is 0.000000125. The molecule has 7 N–H and O–H groups in total. The first-order valence-electron chi connectivity index (χ1n) is 30.5. The van der Waals surface area contributed by atoms with Crippen LogP contribution in [0.1, 0.15) is 140 Å². The minimum atomic E-state index is -0.0133. The number of thiazole rings is 1. The van der Waals surface area contributed by atoms with Crippen molar-refractivity contribution in [1.29, 1.82) is 0 Å². The first-order chi connectivity index (χ1) is 43.1. The van der Waals surface area contributed by atoms with Crippen LogP contribution in [0.4, 0.5) is 0 Å². The van der Waals surface area contributed by atoms with E-state index < -0.39 is 0 Å². The molecule has 3 aromatic carbocycles. The molecule has 25 nitrogen and oxygen atoms in total. The highest BCUT2D eigenvalue weighted by Gasteiger charge is 2.42. The SMILES string of the molecule is CC1(C)CC(n2nnc3cc(-c4cc5cn[nH]c5cc4O)nnc32)CC(C)(C)N1.CC1(C)CC(n2nnc3cc(-c4ccc(-c5ccoc5)cc4O)nnc32)CC(C)(C)N1.CC1(C)CC(n2nnc3cc(-c4ccc(-c5nccs5)cc4O)nnc32)CC(C)(C)N1. The molecule has 3 fully saturated rings. The zero-order chi connectivity index (χ0) is 64.0. The van der Waals surface area contributed by atoms with Crippen LogP contribution >= 0.6 is 11.3 Å². The van der Waals surface area contributed by atoms with E-state index in [9.17, 15) is 15.3 Å². The van der Waals surface area contributed by atoms with Crippen molar-refractivity contribution < 1.29 is 19.7 Å². The van der Waals surface area contributed by atoms with Crippen molar-refractivity contribution in [2.75, 3.05) is 0 Å². The van der Waals surface area contributed by atoms with Crippen molar-refractivity contribution in [3.8, 4) is 72.7 Å². The number of hydrogen-bond donors (Lipinski definition) is 7. The molecule has 3 saturated heterocycles. The number of H-pyrrole nitrogens is 1. The lowest BCUT2D eigenvalue weighted by atomic mass is 9.79. The first kappa shape index (κ1) is 60.7. The van der Waals surface area contributed by atoms with Crippen LogP contribution in [-0.4, -0.2) is 139 Å². The molecule has 470 valence electrons. The summed E-state index contributed by atoms with van der Waals surface area (Å²) in [4.78, 5) is 4.29. The molecule has 0 atom stereocenters. The molecular formula is C65H75N21O4S. The number of fused-ring (bicyclic) bond motifs is 4. The van der Waals surface area contributed by atoms with Crippen molar-refractivity contribution in [3.63, 3.8) is 0 Å². The largest absolute Gasteiger partial charge is 0.507 e. The lowest BCUT2D eigenvalue weighted by Crippen LogP contribution is -2.58. The topological polar surface area (TPSA) is 321 Å². The fourth-order valence-corrected chi connectivity index (χ4v) is 15.1. The lowest BCUT2D eigenvalue weighted by Gasteiger charge is -2.46. The number of hydrogen-bond acceptors (Lipinski definition) is 22. The Bertz CT molecular complexity index is 4390. The van der Waals surface area contributed by atoms with Crippen molar-refractivity contribution in [2.24, 2.45) is 0 Å². The molecule has 0 unspecified atom stereocenters. The number of furan rings is 1. The number of aromatic hydroxyl groups is 3. The monoisotopic (exact) mass is 1250 g/mol. The number of phenols is 3. The average molecular weight is 1250 g/mol. The predicted octanol–water partition coefficient (Wildman–Crippen LogP) is 11.5. The van der Waals surface area contributed by atoms with E-state index in [0.717, 1.165) is 71.1 Å². The molecule has 3 aliphatic heterocycles. The van der Waals surface area contributed by atoms with Gasteiger partial charge in [0.25, 0.3) is 0 Å². The standard InChI is InChI=1S/C23H26N6O2.C22H25N7OS.C20H24N8O/c1-22(2)11-16(12-23(3,4)27-22)29-21-19(25-28-29)10-18(24-26-21)17-6-5-14(9-20(17)30)15-7-8-31-13-15;1-21(2)11-14(12-22(3,4)27-21)29-19-17(25-28-29)10-16(24-26-19)15-6-5-13(9-18(15)30)20-23-7-8-31-20;1-19(2)8-12(9-20(3,4)26-19)28-18-16(24-27-28)6-15(23-25-18)13-5-11-10-21-22-14(11)7-17(13)29/h5-10,13,16,27,30H,11-12H2,1-4H3;5-10,14,27,30H,11-12H2,1-4H3;5-7,10,12,26,29H,8-9H2,1-4H3,(H,21,22). The van der Waals surface area contributed by atoms with Gasteiger partial charge in [0.05, 0.1) is 59.4 Å². The third-order valence-electron chi connectivity index (χ3n) is 17.1.